The number of carbonyl (C=O) groups is 1. The van der Waals surface area contributed by atoms with E-state index in [-0.39, 0.29) is 39.5 Å². The fourth-order valence-corrected chi connectivity index (χ4v) is 2.11. The normalized spacial score (nSPS) is 10.9. The van der Waals surface area contributed by atoms with Gasteiger partial charge in [-0.05, 0) is 12.0 Å². The summed E-state index contributed by atoms with van der Waals surface area (Å²) in [6, 6.07) is 4.12. The number of nitro groups is 1. The molecule has 1 aromatic carbocycles. The lowest BCUT2D eigenvalue weighted by atomic mass is 10.1. The van der Waals surface area contributed by atoms with Gasteiger partial charge in [0.05, 0.1) is 15.6 Å². The highest BCUT2D eigenvalue weighted by Crippen LogP contribution is 2.37. The Labute approximate surface area is 124 Å². The number of hydrogen-bond acceptors (Lipinski definition) is 5. The molecule has 7 nitrogen and oxygen atoms in total. The largest absolute Gasteiger partial charge is 0.475 e. The molecule has 0 aliphatic rings. The predicted molar refractivity (Wildman–Crippen MR) is 74.7 cm³/mol. The summed E-state index contributed by atoms with van der Waals surface area (Å²) >= 11 is 5.98. The summed E-state index contributed by atoms with van der Waals surface area (Å²) in [5, 5.41) is 20.3. The number of aromatic carboxylic acids is 1. The van der Waals surface area contributed by atoms with E-state index in [1.807, 2.05) is 0 Å². The van der Waals surface area contributed by atoms with Crippen LogP contribution in [-0.4, -0.2) is 21.0 Å². The number of halogens is 1. The molecule has 0 spiro atoms. The van der Waals surface area contributed by atoms with Gasteiger partial charge in [-0.15, -0.1) is 0 Å². The predicted octanol–water partition coefficient (Wildman–Crippen LogP) is 3.72. The number of oxazole rings is 1. The second-order valence-electron chi connectivity index (χ2n) is 4.58. The highest BCUT2D eigenvalue weighted by atomic mass is 35.5. The van der Waals surface area contributed by atoms with Crippen LogP contribution in [0.25, 0.3) is 11.5 Å². The van der Waals surface area contributed by atoms with E-state index in [1.165, 1.54) is 18.2 Å². The number of hydrogen-bond donors (Lipinski definition) is 1. The van der Waals surface area contributed by atoms with E-state index in [0.29, 0.717) is 0 Å². The van der Waals surface area contributed by atoms with E-state index >= 15 is 0 Å². The molecule has 110 valence electrons. The molecule has 0 saturated carbocycles. The third kappa shape index (κ3) is 2.73. The van der Waals surface area contributed by atoms with Gasteiger partial charge in [0.1, 0.15) is 5.56 Å². The highest BCUT2D eigenvalue weighted by molar-refractivity contribution is 6.33. The van der Waals surface area contributed by atoms with Crippen LogP contribution in [0.1, 0.15) is 36.0 Å². The van der Waals surface area contributed by atoms with Crippen molar-refractivity contribution in [3.05, 3.63) is 44.8 Å². The fraction of sp³-hybridized carbons (Fsp3) is 0.231. The Morgan fingerprint density at radius 2 is 2.14 bits per heavy atom. The number of benzene rings is 1. The van der Waals surface area contributed by atoms with Crippen LogP contribution < -0.4 is 0 Å². The first kappa shape index (κ1) is 15.0. The summed E-state index contributed by atoms with van der Waals surface area (Å²) in [4.78, 5) is 25.7. The molecule has 0 aliphatic carbocycles. The smallest absolute Gasteiger partial charge is 0.373 e. The zero-order valence-electron chi connectivity index (χ0n) is 11.2. The second-order valence-corrected chi connectivity index (χ2v) is 4.99. The van der Waals surface area contributed by atoms with Crippen LogP contribution in [0.2, 0.25) is 5.02 Å². The van der Waals surface area contributed by atoms with Gasteiger partial charge in [-0.25, -0.2) is 9.78 Å². The molecule has 0 fully saturated rings. The Kier molecular flexibility index (Phi) is 3.95. The molecule has 2 aromatic rings. The zero-order chi connectivity index (χ0) is 15.7. The maximum atomic E-state index is 11.2. The maximum Gasteiger partial charge on any atom is 0.373 e. The minimum Gasteiger partial charge on any atom is -0.475 e. The Morgan fingerprint density at radius 1 is 1.48 bits per heavy atom. The molecule has 0 aliphatic heterocycles. The van der Waals surface area contributed by atoms with E-state index < -0.39 is 10.9 Å². The van der Waals surface area contributed by atoms with Gasteiger partial charge in [0, 0.05) is 6.07 Å². The second kappa shape index (κ2) is 5.53. The van der Waals surface area contributed by atoms with E-state index in [9.17, 15) is 14.9 Å². The zero-order valence-corrected chi connectivity index (χ0v) is 11.9. The topological polar surface area (TPSA) is 106 Å². The van der Waals surface area contributed by atoms with Crippen LogP contribution in [0.3, 0.4) is 0 Å². The Balaban J connectivity index is 2.71. The number of rotatable bonds is 4. The molecule has 2 rings (SSSR count). The van der Waals surface area contributed by atoms with E-state index in [2.05, 4.69) is 4.98 Å². The summed E-state index contributed by atoms with van der Waals surface area (Å²) in [7, 11) is 0. The molecule has 21 heavy (non-hydrogen) atoms. The monoisotopic (exact) mass is 310 g/mol. The van der Waals surface area contributed by atoms with Gasteiger partial charge in [0.25, 0.3) is 5.69 Å². The van der Waals surface area contributed by atoms with Crippen molar-refractivity contribution in [3.8, 4) is 11.5 Å². The summed E-state index contributed by atoms with van der Waals surface area (Å²) in [5.41, 5.74) is -0.110. The number of carboxylic acids is 1. The SMILES string of the molecule is CC(C)c1nc(-c2c(Cl)cccc2[N+](=O)[O-])oc1C(=O)O. The van der Waals surface area contributed by atoms with Crippen molar-refractivity contribution in [2.24, 2.45) is 0 Å². The average Bonchev–Trinajstić information content (AvgIpc) is 2.83. The van der Waals surface area contributed by atoms with Gasteiger partial charge in [-0.1, -0.05) is 31.5 Å². The first-order valence-electron chi connectivity index (χ1n) is 6.00. The standard InChI is InChI=1S/C13H11ClN2O5/c1-6(2)10-11(13(17)18)21-12(15-10)9-7(14)4-3-5-8(9)16(19)20/h3-6H,1-2H3,(H,17,18). The molecule has 0 radical (unpaired) electrons. The van der Waals surface area contributed by atoms with Gasteiger partial charge in [-0.3, -0.25) is 10.1 Å². The Hall–Kier alpha value is -2.41. The van der Waals surface area contributed by atoms with Gasteiger partial charge in [0.15, 0.2) is 0 Å². The highest BCUT2D eigenvalue weighted by Gasteiger charge is 2.28. The summed E-state index contributed by atoms with van der Waals surface area (Å²) in [6.45, 7) is 3.49. The van der Waals surface area contributed by atoms with Gasteiger partial charge in [-0.2, -0.15) is 0 Å². The number of nitrogens with zero attached hydrogens (tertiary/aromatic N) is 2. The minimum atomic E-state index is -1.29. The molecule has 0 atom stereocenters. The molecule has 1 heterocycles. The maximum absolute atomic E-state index is 11.2. The van der Waals surface area contributed by atoms with Crippen LogP contribution in [-0.2, 0) is 0 Å². The summed E-state index contributed by atoms with van der Waals surface area (Å²) < 4.78 is 5.20. The Bertz CT molecular complexity index is 723. The van der Waals surface area contributed by atoms with Crippen molar-refractivity contribution in [1.82, 2.24) is 4.98 Å². The lowest BCUT2D eigenvalue weighted by Crippen LogP contribution is -2.01. The van der Waals surface area contributed by atoms with Crippen molar-refractivity contribution in [2.45, 2.75) is 19.8 Å². The van der Waals surface area contributed by atoms with E-state index in [0.717, 1.165) is 0 Å². The van der Waals surface area contributed by atoms with Crippen molar-refractivity contribution in [3.63, 3.8) is 0 Å². The molecule has 0 saturated heterocycles. The first-order chi connectivity index (χ1) is 9.82. The van der Waals surface area contributed by atoms with Crippen LogP contribution in [0.15, 0.2) is 22.6 Å². The molecule has 0 amide bonds. The number of nitro benzene ring substituents is 1. The van der Waals surface area contributed by atoms with Crippen LogP contribution in [0, 0.1) is 10.1 Å². The van der Waals surface area contributed by atoms with Gasteiger partial charge in [0.2, 0.25) is 11.7 Å². The quantitative estimate of drug-likeness (QED) is 0.681. The van der Waals surface area contributed by atoms with Crippen molar-refractivity contribution < 1.29 is 19.2 Å². The summed E-state index contributed by atoms with van der Waals surface area (Å²) in [6.07, 6.45) is 0. The molecule has 1 aromatic heterocycles. The average molecular weight is 311 g/mol. The van der Waals surface area contributed by atoms with Gasteiger partial charge < -0.3 is 9.52 Å². The Morgan fingerprint density at radius 3 is 2.62 bits per heavy atom. The van der Waals surface area contributed by atoms with Crippen LogP contribution in [0.5, 0.6) is 0 Å². The van der Waals surface area contributed by atoms with Crippen molar-refractivity contribution in [1.29, 1.82) is 0 Å². The molecule has 0 bridgehead atoms. The van der Waals surface area contributed by atoms with Crippen molar-refractivity contribution >= 4 is 23.3 Å². The van der Waals surface area contributed by atoms with E-state index in [1.54, 1.807) is 13.8 Å². The van der Waals surface area contributed by atoms with Crippen molar-refractivity contribution in [2.75, 3.05) is 0 Å². The van der Waals surface area contributed by atoms with Gasteiger partial charge >= 0.3 is 5.97 Å². The summed E-state index contributed by atoms with van der Waals surface area (Å²) in [5.74, 6) is -2.01. The fourth-order valence-electron chi connectivity index (χ4n) is 1.86. The molecule has 0 unspecified atom stereocenters. The number of carboxylic acid groups (broad SMARTS) is 1. The lowest BCUT2D eigenvalue weighted by molar-refractivity contribution is -0.384. The number of aromatic nitrogens is 1. The molecule has 1 N–H and O–H groups in total. The first-order valence-corrected chi connectivity index (χ1v) is 6.38. The third-order valence-corrected chi connectivity index (χ3v) is 3.11. The third-order valence-electron chi connectivity index (χ3n) is 2.80. The molecular formula is C13H11ClN2O5. The van der Waals surface area contributed by atoms with E-state index in [4.69, 9.17) is 21.1 Å². The van der Waals surface area contributed by atoms with Crippen LogP contribution >= 0.6 is 11.6 Å². The lowest BCUT2D eigenvalue weighted by Gasteiger charge is -2.00. The van der Waals surface area contributed by atoms with Crippen LogP contribution in [0.4, 0.5) is 5.69 Å². The molecule has 8 heteroatoms. The molecular weight excluding hydrogens is 300 g/mol. The minimum absolute atomic E-state index is 0.0291.